The number of hydrogen-bond donors (Lipinski definition) is 3. The standard InChI is InChI=1S/C6H12O5/c1-2-3-6(9,4-7)5(8)11-10/h7,9-10H,2-4H2,1H3. The molecule has 0 saturated heterocycles. The van der Waals surface area contributed by atoms with Gasteiger partial charge in [-0.15, -0.1) is 0 Å². The zero-order chi connectivity index (χ0) is 8.91. The molecule has 0 fully saturated rings. The summed E-state index contributed by atoms with van der Waals surface area (Å²) in [6.45, 7) is 0.978. The Balaban J connectivity index is 4.19. The van der Waals surface area contributed by atoms with Crippen molar-refractivity contribution >= 4 is 5.97 Å². The van der Waals surface area contributed by atoms with E-state index in [4.69, 9.17) is 10.4 Å². The van der Waals surface area contributed by atoms with E-state index in [-0.39, 0.29) is 6.42 Å². The SMILES string of the molecule is CCCC(O)(CO)C(=O)OO. The van der Waals surface area contributed by atoms with Crippen molar-refractivity contribution in [3.63, 3.8) is 0 Å². The van der Waals surface area contributed by atoms with Crippen LogP contribution in [0.15, 0.2) is 0 Å². The van der Waals surface area contributed by atoms with Gasteiger partial charge >= 0.3 is 5.97 Å². The van der Waals surface area contributed by atoms with E-state index in [0.29, 0.717) is 6.42 Å². The summed E-state index contributed by atoms with van der Waals surface area (Å²) in [5, 5.41) is 25.7. The highest BCUT2D eigenvalue weighted by Crippen LogP contribution is 2.13. The molecule has 5 nitrogen and oxygen atoms in total. The van der Waals surface area contributed by atoms with Crippen molar-refractivity contribution < 1.29 is 25.2 Å². The van der Waals surface area contributed by atoms with E-state index in [9.17, 15) is 9.90 Å². The number of carbonyl (C=O) groups is 1. The molecular formula is C6H12O5. The Labute approximate surface area is 64.2 Å². The van der Waals surface area contributed by atoms with Gasteiger partial charge in [0.2, 0.25) is 0 Å². The highest BCUT2D eigenvalue weighted by atomic mass is 17.1. The second kappa shape index (κ2) is 4.27. The van der Waals surface area contributed by atoms with Crippen LogP contribution in [0.5, 0.6) is 0 Å². The quantitative estimate of drug-likeness (QED) is 0.386. The molecule has 0 spiro atoms. The van der Waals surface area contributed by atoms with Gasteiger partial charge in [-0.1, -0.05) is 13.3 Å². The largest absolute Gasteiger partial charge is 0.393 e. The summed E-state index contributed by atoms with van der Waals surface area (Å²) >= 11 is 0. The van der Waals surface area contributed by atoms with Crippen molar-refractivity contribution in [2.75, 3.05) is 6.61 Å². The minimum absolute atomic E-state index is 0.0584. The van der Waals surface area contributed by atoms with Gasteiger partial charge in [-0.3, -0.25) is 4.89 Å². The minimum Gasteiger partial charge on any atom is -0.393 e. The van der Waals surface area contributed by atoms with E-state index in [1.54, 1.807) is 6.92 Å². The van der Waals surface area contributed by atoms with Crippen LogP contribution in [-0.2, 0) is 9.68 Å². The predicted octanol–water partition coefficient (Wildman–Crippen LogP) is -0.474. The van der Waals surface area contributed by atoms with Crippen molar-refractivity contribution in [3.8, 4) is 0 Å². The zero-order valence-electron chi connectivity index (χ0n) is 6.28. The van der Waals surface area contributed by atoms with Crippen molar-refractivity contribution in [1.29, 1.82) is 0 Å². The summed E-state index contributed by atoms with van der Waals surface area (Å²) in [5.74, 6) is -1.22. The van der Waals surface area contributed by atoms with E-state index in [1.807, 2.05) is 0 Å². The van der Waals surface area contributed by atoms with E-state index in [2.05, 4.69) is 4.89 Å². The van der Waals surface area contributed by atoms with Crippen molar-refractivity contribution in [2.45, 2.75) is 25.4 Å². The number of aliphatic hydroxyl groups excluding tert-OH is 1. The summed E-state index contributed by atoms with van der Waals surface area (Å²) in [5.41, 5.74) is -1.95. The molecule has 0 aromatic carbocycles. The lowest BCUT2D eigenvalue weighted by molar-refractivity contribution is -0.254. The predicted molar refractivity (Wildman–Crippen MR) is 35.7 cm³/mol. The van der Waals surface area contributed by atoms with Gasteiger partial charge < -0.3 is 10.2 Å². The number of carbonyl (C=O) groups excluding carboxylic acids is 1. The summed E-state index contributed by atoms with van der Waals surface area (Å²) in [7, 11) is 0. The lowest BCUT2D eigenvalue weighted by Gasteiger charge is -2.19. The Hall–Kier alpha value is -0.650. The second-order valence-corrected chi connectivity index (χ2v) is 2.32. The molecule has 0 saturated carbocycles. The van der Waals surface area contributed by atoms with Gasteiger partial charge in [0.25, 0.3) is 0 Å². The molecule has 0 rings (SSSR count). The maximum Gasteiger partial charge on any atom is 0.375 e. The van der Waals surface area contributed by atoms with Crippen LogP contribution in [0.1, 0.15) is 19.8 Å². The van der Waals surface area contributed by atoms with Gasteiger partial charge in [-0.05, 0) is 6.42 Å². The maximum atomic E-state index is 10.6. The summed E-state index contributed by atoms with van der Waals surface area (Å²) in [6, 6.07) is 0. The molecule has 1 atom stereocenters. The van der Waals surface area contributed by atoms with Crippen LogP contribution in [0, 0.1) is 0 Å². The van der Waals surface area contributed by atoms with Crippen LogP contribution in [-0.4, -0.2) is 33.6 Å². The number of aliphatic hydroxyl groups is 2. The van der Waals surface area contributed by atoms with Crippen LogP contribution >= 0.6 is 0 Å². The number of hydrogen-bond acceptors (Lipinski definition) is 5. The Kier molecular flexibility index (Phi) is 4.02. The van der Waals surface area contributed by atoms with Crippen molar-refractivity contribution in [1.82, 2.24) is 0 Å². The van der Waals surface area contributed by atoms with Crippen molar-refractivity contribution in [2.24, 2.45) is 0 Å². The molecule has 0 heterocycles. The van der Waals surface area contributed by atoms with E-state index >= 15 is 0 Å². The first kappa shape index (κ1) is 10.3. The van der Waals surface area contributed by atoms with Gasteiger partial charge in [0.05, 0.1) is 6.61 Å². The molecule has 0 aliphatic rings. The van der Waals surface area contributed by atoms with Gasteiger partial charge in [0.15, 0.2) is 5.60 Å². The molecule has 0 aliphatic heterocycles. The highest BCUT2D eigenvalue weighted by Gasteiger charge is 2.36. The topological polar surface area (TPSA) is 87.0 Å². The fraction of sp³-hybridized carbons (Fsp3) is 0.833. The van der Waals surface area contributed by atoms with Gasteiger partial charge in [-0.2, -0.15) is 5.26 Å². The zero-order valence-corrected chi connectivity index (χ0v) is 6.28. The first-order valence-corrected chi connectivity index (χ1v) is 3.29. The lowest BCUT2D eigenvalue weighted by Crippen LogP contribution is -2.43. The third kappa shape index (κ3) is 2.45. The first-order valence-electron chi connectivity index (χ1n) is 3.29. The summed E-state index contributed by atoms with van der Waals surface area (Å²) < 4.78 is 0. The molecular weight excluding hydrogens is 152 g/mol. The molecule has 0 aromatic heterocycles. The Morgan fingerprint density at radius 2 is 2.18 bits per heavy atom. The van der Waals surface area contributed by atoms with Gasteiger partial charge in [0, 0.05) is 0 Å². The van der Waals surface area contributed by atoms with Crippen LogP contribution < -0.4 is 0 Å². The van der Waals surface area contributed by atoms with E-state index in [1.165, 1.54) is 0 Å². The molecule has 0 aromatic rings. The minimum atomic E-state index is -1.95. The highest BCUT2D eigenvalue weighted by molar-refractivity contribution is 5.78. The molecule has 66 valence electrons. The van der Waals surface area contributed by atoms with Gasteiger partial charge in [-0.25, -0.2) is 4.79 Å². The average molecular weight is 164 g/mol. The molecule has 0 amide bonds. The van der Waals surface area contributed by atoms with E-state index in [0.717, 1.165) is 0 Å². The third-order valence-corrected chi connectivity index (χ3v) is 1.39. The van der Waals surface area contributed by atoms with Gasteiger partial charge in [0.1, 0.15) is 0 Å². The van der Waals surface area contributed by atoms with Crippen molar-refractivity contribution in [3.05, 3.63) is 0 Å². The van der Waals surface area contributed by atoms with Crippen LogP contribution in [0.3, 0.4) is 0 Å². The Morgan fingerprint density at radius 3 is 2.45 bits per heavy atom. The Morgan fingerprint density at radius 1 is 1.64 bits per heavy atom. The molecule has 3 N–H and O–H groups in total. The molecule has 11 heavy (non-hydrogen) atoms. The second-order valence-electron chi connectivity index (χ2n) is 2.32. The molecule has 0 aliphatic carbocycles. The first-order chi connectivity index (χ1) is 5.10. The molecule has 0 radical (unpaired) electrons. The fourth-order valence-electron chi connectivity index (χ4n) is 0.744. The van der Waals surface area contributed by atoms with Crippen LogP contribution in [0.25, 0.3) is 0 Å². The summed E-state index contributed by atoms with van der Waals surface area (Å²) in [6.07, 6.45) is 0.565. The molecule has 1 unspecified atom stereocenters. The third-order valence-electron chi connectivity index (χ3n) is 1.39. The Bertz CT molecular complexity index is 135. The number of rotatable bonds is 4. The smallest absolute Gasteiger partial charge is 0.375 e. The average Bonchev–Trinajstić information content (AvgIpc) is 2.03. The lowest BCUT2D eigenvalue weighted by atomic mass is 10.00. The van der Waals surface area contributed by atoms with E-state index < -0.39 is 18.2 Å². The maximum absolute atomic E-state index is 10.6. The normalized spacial score (nSPS) is 15.6. The molecule has 5 heteroatoms. The fourth-order valence-corrected chi connectivity index (χ4v) is 0.744. The monoisotopic (exact) mass is 164 g/mol. The van der Waals surface area contributed by atoms with Crippen LogP contribution in [0.2, 0.25) is 0 Å². The molecule has 0 bridgehead atoms. The summed E-state index contributed by atoms with van der Waals surface area (Å²) in [4.78, 5) is 13.9. The van der Waals surface area contributed by atoms with Crippen LogP contribution in [0.4, 0.5) is 0 Å².